The quantitative estimate of drug-likeness (QED) is 0.489. The van der Waals surface area contributed by atoms with Gasteiger partial charge in [-0.1, -0.05) is 0 Å². The third-order valence-electron chi connectivity index (χ3n) is 4.14. The van der Waals surface area contributed by atoms with Crippen molar-refractivity contribution in [2.24, 2.45) is 0 Å². The van der Waals surface area contributed by atoms with Gasteiger partial charge in [-0.25, -0.2) is 14.4 Å². The van der Waals surface area contributed by atoms with Crippen LogP contribution in [0.5, 0.6) is 0 Å². The van der Waals surface area contributed by atoms with Crippen molar-refractivity contribution in [2.75, 3.05) is 5.32 Å². The minimum atomic E-state index is -0.425. The van der Waals surface area contributed by atoms with Gasteiger partial charge in [0.25, 0.3) is 0 Å². The normalized spacial score (nSPS) is 11.7. The summed E-state index contributed by atoms with van der Waals surface area (Å²) in [5.74, 6) is 0.707. The van der Waals surface area contributed by atoms with Gasteiger partial charge in [0.2, 0.25) is 0 Å². The molecule has 0 radical (unpaired) electrons. The van der Waals surface area contributed by atoms with E-state index in [-0.39, 0.29) is 0 Å². The first-order valence-corrected chi connectivity index (χ1v) is 7.68. The van der Waals surface area contributed by atoms with Crippen LogP contribution in [0.1, 0.15) is 0 Å². The van der Waals surface area contributed by atoms with Crippen LogP contribution in [-0.2, 0) is 0 Å². The van der Waals surface area contributed by atoms with Gasteiger partial charge in [-0.05, 0) is 24.3 Å². The predicted molar refractivity (Wildman–Crippen MR) is 91.5 cm³/mol. The Morgan fingerprint density at radius 1 is 0.880 bits per heavy atom. The number of rotatable bonds is 1. The first-order chi connectivity index (χ1) is 12.3. The van der Waals surface area contributed by atoms with Gasteiger partial charge in [-0.2, -0.15) is 0 Å². The highest BCUT2D eigenvalue weighted by Gasteiger charge is 2.24. The molecule has 0 aromatic carbocycles. The molecule has 5 rings (SSSR count). The molecule has 0 saturated heterocycles. The first-order valence-electron chi connectivity index (χ1n) is 7.68. The fraction of sp³-hybridized carbons (Fsp3) is 0. The number of aromatic nitrogens is 5. The molecule has 4 aromatic heterocycles. The largest absolute Gasteiger partial charge is 0.338 e. The second-order valence-corrected chi connectivity index (χ2v) is 5.61. The summed E-state index contributed by atoms with van der Waals surface area (Å²) in [4.78, 5) is 20.3. The minimum Gasteiger partial charge on any atom is -0.338 e. The Balaban J connectivity index is 1.82. The van der Waals surface area contributed by atoms with Crippen molar-refractivity contribution >= 4 is 11.5 Å². The zero-order valence-corrected chi connectivity index (χ0v) is 12.9. The summed E-state index contributed by atoms with van der Waals surface area (Å²) in [7, 11) is 0. The standard InChI is InChI=1S/C18H11FN6/c19-13-8-20-6-3-10(13)18-24-15-11-4-7-21-9-14(11)23-17-12(16(15)25-18)2-1-5-22-17/h1-9H,(H,22,23)(H,24,25). The maximum atomic E-state index is 14.2. The lowest BCUT2D eigenvalue weighted by Crippen LogP contribution is -1.96. The summed E-state index contributed by atoms with van der Waals surface area (Å²) in [6.45, 7) is 0. The monoisotopic (exact) mass is 330 g/mol. The summed E-state index contributed by atoms with van der Waals surface area (Å²) in [5, 5.41) is 3.29. The lowest BCUT2D eigenvalue weighted by Gasteiger charge is -2.07. The van der Waals surface area contributed by atoms with Crippen LogP contribution < -0.4 is 5.32 Å². The molecule has 120 valence electrons. The number of pyridine rings is 3. The predicted octanol–water partition coefficient (Wildman–Crippen LogP) is 3.79. The van der Waals surface area contributed by atoms with Crippen molar-refractivity contribution in [3.63, 3.8) is 0 Å². The number of anilines is 2. The highest BCUT2D eigenvalue weighted by Crippen LogP contribution is 2.42. The van der Waals surface area contributed by atoms with E-state index < -0.39 is 5.82 Å². The topological polar surface area (TPSA) is 79.4 Å². The highest BCUT2D eigenvalue weighted by molar-refractivity contribution is 5.95. The Hall–Kier alpha value is -3.61. The van der Waals surface area contributed by atoms with E-state index in [9.17, 15) is 4.39 Å². The second kappa shape index (κ2) is 5.20. The second-order valence-electron chi connectivity index (χ2n) is 5.61. The summed E-state index contributed by atoms with van der Waals surface area (Å²) in [6, 6.07) is 7.27. The van der Waals surface area contributed by atoms with Gasteiger partial charge in [-0.15, -0.1) is 0 Å². The van der Waals surface area contributed by atoms with Crippen LogP contribution in [0.25, 0.3) is 33.9 Å². The summed E-state index contributed by atoms with van der Waals surface area (Å²) >= 11 is 0. The van der Waals surface area contributed by atoms with Crippen molar-refractivity contribution in [1.29, 1.82) is 0 Å². The van der Waals surface area contributed by atoms with Crippen LogP contribution in [0.2, 0.25) is 0 Å². The van der Waals surface area contributed by atoms with Crippen LogP contribution in [0, 0.1) is 5.82 Å². The van der Waals surface area contributed by atoms with E-state index in [1.54, 1.807) is 30.9 Å². The molecule has 25 heavy (non-hydrogen) atoms. The molecule has 0 unspecified atom stereocenters. The van der Waals surface area contributed by atoms with Crippen molar-refractivity contribution in [2.45, 2.75) is 0 Å². The SMILES string of the molecule is Fc1cnccc1-c1nc2c([nH]1)-c1ccncc1Nc1ncccc1-2. The molecule has 5 heterocycles. The van der Waals surface area contributed by atoms with E-state index in [1.807, 2.05) is 18.2 Å². The highest BCUT2D eigenvalue weighted by atomic mass is 19.1. The fourth-order valence-electron chi connectivity index (χ4n) is 2.99. The Morgan fingerprint density at radius 3 is 2.60 bits per heavy atom. The number of aromatic amines is 1. The van der Waals surface area contributed by atoms with Gasteiger partial charge in [0, 0.05) is 29.7 Å². The van der Waals surface area contributed by atoms with Crippen molar-refractivity contribution < 1.29 is 4.39 Å². The number of nitrogens with one attached hydrogen (secondary N) is 2. The lowest BCUT2D eigenvalue weighted by molar-refractivity contribution is 0.624. The molecular weight excluding hydrogens is 319 g/mol. The van der Waals surface area contributed by atoms with Gasteiger partial charge in [0.05, 0.1) is 29.3 Å². The molecule has 4 aromatic rings. The van der Waals surface area contributed by atoms with Gasteiger partial charge in [0.1, 0.15) is 17.3 Å². The number of nitrogens with zero attached hydrogens (tertiary/aromatic N) is 4. The Morgan fingerprint density at radius 2 is 1.72 bits per heavy atom. The fourth-order valence-corrected chi connectivity index (χ4v) is 2.99. The number of hydrogen-bond acceptors (Lipinski definition) is 5. The molecule has 1 aliphatic heterocycles. The average Bonchev–Trinajstić information content (AvgIpc) is 3.03. The first kappa shape index (κ1) is 13.8. The zero-order chi connectivity index (χ0) is 16.8. The Bertz CT molecular complexity index is 1040. The van der Waals surface area contributed by atoms with Crippen LogP contribution in [0.4, 0.5) is 15.9 Å². The maximum Gasteiger partial charge on any atom is 0.152 e. The summed E-state index contributed by atoms with van der Waals surface area (Å²) in [6.07, 6.45) is 7.87. The van der Waals surface area contributed by atoms with E-state index in [0.717, 1.165) is 22.5 Å². The molecule has 0 aliphatic carbocycles. The van der Waals surface area contributed by atoms with E-state index >= 15 is 0 Å². The van der Waals surface area contributed by atoms with Crippen molar-refractivity contribution in [3.8, 4) is 33.9 Å². The van der Waals surface area contributed by atoms with Crippen LogP contribution in [0.15, 0.2) is 55.2 Å². The van der Waals surface area contributed by atoms with Gasteiger partial charge in [0.15, 0.2) is 5.82 Å². The molecule has 7 heteroatoms. The van der Waals surface area contributed by atoms with Crippen LogP contribution in [0.3, 0.4) is 0 Å². The van der Waals surface area contributed by atoms with E-state index in [1.165, 1.54) is 6.20 Å². The van der Waals surface area contributed by atoms with Gasteiger partial charge in [-0.3, -0.25) is 9.97 Å². The number of H-pyrrole nitrogens is 1. The Labute approximate surface area is 141 Å². The lowest BCUT2D eigenvalue weighted by atomic mass is 10.1. The zero-order valence-electron chi connectivity index (χ0n) is 12.9. The molecule has 0 atom stereocenters. The molecule has 6 nitrogen and oxygen atoms in total. The number of hydrogen-bond donors (Lipinski definition) is 2. The smallest absolute Gasteiger partial charge is 0.152 e. The molecule has 0 bridgehead atoms. The van der Waals surface area contributed by atoms with Gasteiger partial charge < -0.3 is 10.3 Å². The minimum absolute atomic E-state index is 0.372. The average molecular weight is 330 g/mol. The van der Waals surface area contributed by atoms with Gasteiger partial charge >= 0.3 is 0 Å². The maximum absolute atomic E-state index is 14.2. The molecule has 1 aliphatic rings. The van der Waals surface area contributed by atoms with Crippen molar-refractivity contribution in [1.82, 2.24) is 24.9 Å². The molecule has 0 spiro atoms. The Kier molecular flexibility index (Phi) is 2.87. The summed E-state index contributed by atoms with van der Waals surface area (Å²) in [5.41, 5.74) is 4.43. The molecule has 0 fully saturated rings. The number of halogens is 1. The molecule has 0 saturated carbocycles. The van der Waals surface area contributed by atoms with Crippen LogP contribution >= 0.6 is 0 Å². The summed E-state index contributed by atoms with van der Waals surface area (Å²) < 4.78 is 14.2. The number of imidazole rings is 1. The third-order valence-corrected chi connectivity index (χ3v) is 4.14. The van der Waals surface area contributed by atoms with E-state index in [2.05, 4.69) is 30.2 Å². The molecular formula is C18H11FN6. The van der Waals surface area contributed by atoms with Crippen molar-refractivity contribution in [3.05, 3.63) is 61.1 Å². The third kappa shape index (κ3) is 2.09. The van der Waals surface area contributed by atoms with Crippen LogP contribution in [-0.4, -0.2) is 24.9 Å². The molecule has 0 amide bonds. The molecule has 2 N–H and O–H groups in total. The van der Waals surface area contributed by atoms with E-state index in [0.29, 0.717) is 22.9 Å². The van der Waals surface area contributed by atoms with E-state index in [4.69, 9.17) is 0 Å². The number of fused-ring (bicyclic) bond motifs is 5.